The number of non-ortho nitro benzene ring substituents is 1. The van der Waals surface area contributed by atoms with E-state index in [1.165, 1.54) is 24.3 Å². The Bertz CT molecular complexity index is 648. The molecule has 1 aliphatic heterocycles. The maximum Gasteiger partial charge on any atom is 0.331 e. The van der Waals surface area contributed by atoms with Crippen LogP contribution in [0.5, 0.6) is 0 Å². The second-order valence-corrected chi connectivity index (χ2v) is 5.86. The van der Waals surface area contributed by atoms with Crippen LogP contribution in [0, 0.1) is 16.0 Å². The molecule has 0 spiro atoms. The van der Waals surface area contributed by atoms with E-state index in [1.807, 2.05) is 0 Å². The molecular formula is C17H20N2O5. The van der Waals surface area contributed by atoms with Crippen LogP contribution in [-0.2, 0) is 14.3 Å². The standard InChI is InChI=1S/C17H20N2O5/c1-13-7-9-18(10-8-13)16(20)12-24-17(21)6-5-14-3-2-4-15(11-14)19(22)23/h2-6,11,13H,7-10,12H2,1H3. The lowest BCUT2D eigenvalue weighted by Gasteiger charge is -2.30. The summed E-state index contributed by atoms with van der Waals surface area (Å²) in [4.78, 5) is 35.5. The monoisotopic (exact) mass is 332 g/mol. The van der Waals surface area contributed by atoms with Gasteiger partial charge in [-0.2, -0.15) is 0 Å². The average Bonchev–Trinajstić information content (AvgIpc) is 2.58. The molecule has 1 saturated heterocycles. The summed E-state index contributed by atoms with van der Waals surface area (Å²) < 4.78 is 4.93. The molecular weight excluding hydrogens is 312 g/mol. The van der Waals surface area contributed by atoms with Crippen LogP contribution in [0.2, 0.25) is 0 Å². The second-order valence-electron chi connectivity index (χ2n) is 5.86. The van der Waals surface area contributed by atoms with E-state index in [1.54, 1.807) is 11.0 Å². The zero-order chi connectivity index (χ0) is 17.5. The number of piperidine rings is 1. The van der Waals surface area contributed by atoms with Crippen molar-refractivity contribution in [2.75, 3.05) is 19.7 Å². The summed E-state index contributed by atoms with van der Waals surface area (Å²) in [6.07, 6.45) is 4.51. The van der Waals surface area contributed by atoms with Crippen molar-refractivity contribution in [2.45, 2.75) is 19.8 Å². The lowest BCUT2D eigenvalue weighted by molar-refractivity contribution is -0.384. The molecule has 0 saturated carbocycles. The summed E-state index contributed by atoms with van der Waals surface area (Å²) >= 11 is 0. The number of hydrogen-bond acceptors (Lipinski definition) is 5. The van der Waals surface area contributed by atoms with Crippen molar-refractivity contribution >= 4 is 23.6 Å². The molecule has 0 radical (unpaired) electrons. The molecule has 2 rings (SSSR count). The van der Waals surface area contributed by atoms with Gasteiger partial charge in [0, 0.05) is 31.3 Å². The quantitative estimate of drug-likeness (QED) is 0.357. The Balaban J connectivity index is 1.81. The van der Waals surface area contributed by atoms with E-state index in [9.17, 15) is 19.7 Å². The number of carbonyl (C=O) groups is 2. The van der Waals surface area contributed by atoms with Crippen LogP contribution in [0.3, 0.4) is 0 Å². The number of rotatable bonds is 5. The number of nitro groups is 1. The van der Waals surface area contributed by atoms with E-state index < -0.39 is 10.9 Å². The van der Waals surface area contributed by atoms with Crippen molar-refractivity contribution in [3.8, 4) is 0 Å². The summed E-state index contributed by atoms with van der Waals surface area (Å²) in [6, 6.07) is 5.89. The average molecular weight is 332 g/mol. The summed E-state index contributed by atoms with van der Waals surface area (Å²) in [5, 5.41) is 10.7. The van der Waals surface area contributed by atoms with Crippen LogP contribution in [0.1, 0.15) is 25.3 Å². The van der Waals surface area contributed by atoms with E-state index in [4.69, 9.17) is 4.74 Å². The van der Waals surface area contributed by atoms with Crippen molar-refractivity contribution < 1.29 is 19.2 Å². The van der Waals surface area contributed by atoms with Gasteiger partial charge in [-0.05, 0) is 30.4 Å². The Morgan fingerprint density at radius 1 is 1.38 bits per heavy atom. The number of likely N-dealkylation sites (tertiary alicyclic amines) is 1. The molecule has 0 aromatic heterocycles. The molecule has 1 heterocycles. The summed E-state index contributed by atoms with van der Waals surface area (Å²) in [5.41, 5.74) is 0.456. The number of esters is 1. The SMILES string of the molecule is CC1CCN(C(=O)COC(=O)C=Cc2cccc([N+](=O)[O-])c2)CC1. The Kier molecular flexibility index (Phi) is 6.06. The largest absolute Gasteiger partial charge is 0.452 e. The summed E-state index contributed by atoms with van der Waals surface area (Å²) in [7, 11) is 0. The van der Waals surface area contributed by atoms with Crippen LogP contribution in [0.15, 0.2) is 30.3 Å². The Labute approximate surface area is 140 Å². The third-order valence-corrected chi connectivity index (χ3v) is 3.97. The molecule has 1 amide bonds. The van der Waals surface area contributed by atoms with Gasteiger partial charge < -0.3 is 9.64 Å². The highest BCUT2D eigenvalue weighted by Gasteiger charge is 2.20. The smallest absolute Gasteiger partial charge is 0.331 e. The molecule has 1 fully saturated rings. The van der Waals surface area contributed by atoms with E-state index >= 15 is 0 Å². The first-order chi connectivity index (χ1) is 11.5. The molecule has 0 aliphatic carbocycles. The second kappa shape index (κ2) is 8.24. The lowest BCUT2D eigenvalue weighted by Crippen LogP contribution is -2.40. The fraction of sp³-hybridized carbons (Fsp3) is 0.412. The van der Waals surface area contributed by atoms with Gasteiger partial charge in [0.25, 0.3) is 11.6 Å². The number of ether oxygens (including phenoxy) is 1. The van der Waals surface area contributed by atoms with Gasteiger partial charge in [0.05, 0.1) is 4.92 Å². The maximum atomic E-state index is 12.0. The minimum absolute atomic E-state index is 0.0555. The maximum absolute atomic E-state index is 12.0. The van der Waals surface area contributed by atoms with Crippen molar-refractivity contribution in [1.82, 2.24) is 4.90 Å². The minimum Gasteiger partial charge on any atom is -0.452 e. The molecule has 0 N–H and O–H groups in total. The van der Waals surface area contributed by atoms with E-state index in [0.717, 1.165) is 18.9 Å². The highest BCUT2D eigenvalue weighted by Crippen LogP contribution is 2.16. The number of benzene rings is 1. The fourth-order valence-electron chi connectivity index (χ4n) is 2.44. The number of nitro benzene ring substituents is 1. The van der Waals surface area contributed by atoms with Crippen molar-refractivity contribution in [1.29, 1.82) is 0 Å². The predicted octanol–water partition coefficient (Wildman–Crippen LogP) is 2.41. The van der Waals surface area contributed by atoms with Gasteiger partial charge in [0.1, 0.15) is 0 Å². The van der Waals surface area contributed by atoms with Gasteiger partial charge in [0.15, 0.2) is 6.61 Å². The van der Waals surface area contributed by atoms with Crippen LogP contribution in [0.4, 0.5) is 5.69 Å². The van der Waals surface area contributed by atoms with Crippen LogP contribution < -0.4 is 0 Å². The van der Waals surface area contributed by atoms with Gasteiger partial charge in [-0.15, -0.1) is 0 Å². The predicted molar refractivity (Wildman–Crippen MR) is 88.1 cm³/mol. The molecule has 128 valence electrons. The van der Waals surface area contributed by atoms with Gasteiger partial charge in [-0.1, -0.05) is 19.1 Å². The first kappa shape index (κ1) is 17.7. The molecule has 24 heavy (non-hydrogen) atoms. The molecule has 0 unspecified atom stereocenters. The molecule has 0 bridgehead atoms. The van der Waals surface area contributed by atoms with Crippen LogP contribution in [0.25, 0.3) is 6.08 Å². The number of nitrogens with zero attached hydrogens (tertiary/aromatic N) is 2. The number of hydrogen-bond donors (Lipinski definition) is 0. The van der Waals surface area contributed by atoms with Crippen molar-refractivity contribution in [2.24, 2.45) is 5.92 Å². The van der Waals surface area contributed by atoms with Crippen LogP contribution in [-0.4, -0.2) is 41.4 Å². The van der Waals surface area contributed by atoms with E-state index in [2.05, 4.69) is 6.92 Å². The zero-order valence-corrected chi connectivity index (χ0v) is 13.5. The first-order valence-electron chi connectivity index (χ1n) is 7.83. The lowest BCUT2D eigenvalue weighted by atomic mass is 9.99. The highest BCUT2D eigenvalue weighted by molar-refractivity contribution is 5.89. The Hall–Kier alpha value is -2.70. The normalized spacial score (nSPS) is 15.5. The highest BCUT2D eigenvalue weighted by atomic mass is 16.6. The van der Waals surface area contributed by atoms with Gasteiger partial charge in [-0.25, -0.2) is 4.79 Å². The molecule has 1 aromatic carbocycles. The first-order valence-corrected chi connectivity index (χ1v) is 7.83. The topological polar surface area (TPSA) is 89.8 Å². The third-order valence-electron chi connectivity index (χ3n) is 3.97. The third kappa shape index (κ3) is 5.19. The van der Waals surface area contributed by atoms with Crippen LogP contribution >= 0.6 is 0 Å². The van der Waals surface area contributed by atoms with Crippen molar-refractivity contribution in [3.63, 3.8) is 0 Å². The number of amides is 1. The van der Waals surface area contributed by atoms with Crippen molar-refractivity contribution in [3.05, 3.63) is 46.0 Å². The minimum atomic E-state index is -0.653. The Morgan fingerprint density at radius 3 is 2.75 bits per heavy atom. The van der Waals surface area contributed by atoms with Gasteiger partial charge >= 0.3 is 5.97 Å². The van der Waals surface area contributed by atoms with Gasteiger partial charge in [0.2, 0.25) is 0 Å². The summed E-state index contributed by atoms with van der Waals surface area (Å²) in [6.45, 7) is 3.26. The Morgan fingerprint density at radius 2 is 2.08 bits per heavy atom. The zero-order valence-electron chi connectivity index (χ0n) is 13.5. The summed E-state index contributed by atoms with van der Waals surface area (Å²) in [5.74, 6) is -0.228. The number of carbonyl (C=O) groups excluding carboxylic acids is 2. The van der Waals surface area contributed by atoms with E-state index in [0.29, 0.717) is 24.6 Å². The van der Waals surface area contributed by atoms with E-state index in [-0.39, 0.29) is 18.2 Å². The molecule has 7 heteroatoms. The molecule has 0 atom stereocenters. The van der Waals surface area contributed by atoms with Gasteiger partial charge in [-0.3, -0.25) is 14.9 Å². The molecule has 1 aromatic rings. The molecule has 1 aliphatic rings. The molecule has 7 nitrogen and oxygen atoms in total. The fourth-order valence-corrected chi connectivity index (χ4v) is 2.44.